The summed E-state index contributed by atoms with van der Waals surface area (Å²) in [6, 6.07) is 0. The van der Waals surface area contributed by atoms with Gasteiger partial charge in [0.05, 0.1) is 19.6 Å². The fraction of sp³-hybridized carbons (Fsp3) is 0.769. The van der Waals surface area contributed by atoms with Gasteiger partial charge in [-0.1, -0.05) is 31.9 Å². The Hall–Kier alpha value is -0.630. The van der Waals surface area contributed by atoms with Gasteiger partial charge in [0.1, 0.15) is 8.65 Å². The Kier molecular flexibility index (Phi) is 7.88. The number of rotatable bonds is 8. The van der Waals surface area contributed by atoms with E-state index in [1.54, 1.807) is 27.7 Å². The number of ether oxygens (including phenoxy) is 2. The molecule has 0 saturated heterocycles. The molecule has 0 atom stereocenters. The zero-order valence-electron chi connectivity index (χ0n) is 12.4. The third-order valence-electron chi connectivity index (χ3n) is 2.33. The first-order valence-electron chi connectivity index (χ1n) is 6.28. The highest BCUT2D eigenvalue weighted by Gasteiger charge is 2.29. The number of hydrogen-bond acceptors (Lipinski definition) is 5. The number of carbonyl (C=O) groups is 3. The van der Waals surface area contributed by atoms with Crippen LogP contribution in [0.15, 0.2) is 0 Å². The van der Waals surface area contributed by atoms with Crippen LogP contribution in [0.3, 0.4) is 0 Å². The number of carbonyl (C=O) groups excluding carboxylic acids is 2. The fourth-order valence-electron chi connectivity index (χ4n) is 1.14. The summed E-state index contributed by atoms with van der Waals surface area (Å²) in [4.78, 5) is 34.0. The van der Waals surface area contributed by atoms with E-state index in [-0.39, 0.29) is 19.6 Å². The molecular formula is C13H20Br2O6. The Morgan fingerprint density at radius 2 is 1.29 bits per heavy atom. The van der Waals surface area contributed by atoms with Crippen molar-refractivity contribution in [3.05, 3.63) is 0 Å². The SMILES string of the molecule is CC(C)(Br)C(=O)OCC(COC(=O)C(C)(C)Br)CC(=O)O. The predicted octanol–water partition coefficient (Wildman–Crippen LogP) is 2.51. The molecule has 0 aliphatic heterocycles. The average molecular weight is 432 g/mol. The summed E-state index contributed by atoms with van der Waals surface area (Å²) in [5, 5.41) is 8.83. The molecule has 0 amide bonds. The van der Waals surface area contributed by atoms with Crippen LogP contribution in [0.1, 0.15) is 34.1 Å². The van der Waals surface area contributed by atoms with Crippen LogP contribution in [-0.2, 0) is 23.9 Å². The van der Waals surface area contributed by atoms with E-state index in [1.165, 1.54) is 0 Å². The summed E-state index contributed by atoms with van der Waals surface area (Å²) in [5.74, 6) is -2.67. The molecule has 21 heavy (non-hydrogen) atoms. The molecule has 0 spiro atoms. The van der Waals surface area contributed by atoms with Crippen LogP contribution in [0.5, 0.6) is 0 Å². The number of carboxylic acid groups (broad SMARTS) is 1. The van der Waals surface area contributed by atoms with Gasteiger partial charge in [-0.15, -0.1) is 0 Å². The molecule has 0 heterocycles. The van der Waals surface area contributed by atoms with Gasteiger partial charge < -0.3 is 14.6 Å². The Morgan fingerprint density at radius 1 is 0.952 bits per heavy atom. The molecule has 0 aromatic heterocycles. The second-order valence-electron chi connectivity index (χ2n) is 5.61. The lowest BCUT2D eigenvalue weighted by Crippen LogP contribution is -2.32. The minimum Gasteiger partial charge on any atom is -0.481 e. The van der Waals surface area contributed by atoms with E-state index in [0.29, 0.717) is 0 Å². The number of carboxylic acids is 1. The van der Waals surface area contributed by atoms with E-state index in [9.17, 15) is 14.4 Å². The van der Waals surface area contributed by atoms with Crippen molar-refractivity contribution in [3.8, 4) is 0 Å². The van der Waals surface area contributed by atoms with E-state index in [1.807, 2.05) is 0 Å². The van der Waals surface area contributed by atoms with E-state index in [4.69, 9.17) is 14.6 Å². The van der Waals surface area contributed by atoms with E-state index in [2.05, 4.69) is 31.9 Å². The molecule has 0 aliphatic carbocycles. The fourth-order valence-corrected chi connectivity index (χ4v) is 1.37. The zero-order valence-corrected chi connectivity index (χ0v) is 15.6. The normalized spacial score (nSPS) is 12.1. The second kappa shape index (κ2) is 8.12. The van der Waals surface area contributed by atoms with Gasteiger partial charge in [-0.05, 0) is 27.7 Å². The summed E-state index contributed by atoms with van der Waals surface area (Å²) < 4.78 is 8.37. The first kappa shape index (κ1) is 20.4. The molecule has 0 aromatic rings. The van der Waals surface area contributed by atoms with Crippen LogP contribution in [0.2, 0.25) is 0 Å². The first-order valence-corrected chi connectivity index (χ1v) is 7.86. The van der Waals surface area contributed by atoms with Gasteiger partial charge in [0, 0.05) is 5.92 Å². The van der Waals surface area contributed by atoms with Crippen LogP contribution >= 0.6 is 31.9 Å². The van der Waals surface area contributed by atoms with Crippen molar-refractivity contribution in [1.29, 1.82) is 0 Å². The molecule has 0 fully saturated rings. The quantitative estimate of drug-likeness (QED) is 0.469. The number of alkyl halides is 2. The Labute approximate surface area is 140 Å². The summed E-state index contributed by atoms with van der Waals surface area (Å²) in [7, 11) is 0. The standard InChI is InChI=1S/C13H20Br2O6/c1-12(2,14)10(18)20-6-8(5-9(16)17)7-21-11(19)13(3,4)15/h8H,5-7H2,1-4H3,(H,16,17). The zero-order chi connectivity index (χ0) is 16.8. The van der Waals surface area contributed by atoms with Crippen LogP contribution in [0, 0.1) is 5.92 Å². The maximum atomic E-state index is 11.6. The lowest BCUT2D eigenvalue weighted by Gasteiger charge is -2.21. The van der Waals surface area contributed by atoms with Gasteiger partial charge in [-0.3, -0.25) is 14.4 Å². The number of esters is 2. The Balaban J connectivity index is 4.50. The van der Waals surface area contributed by atoms with Crippen molar-refractivity contribution in [2.75, 3.05) is 13.2 Å². The van der Waals surface area contributed by atoms with Gasteiger partial charge in [0.2, 0.25) is 0 Å². The van der Waals surface area contributed by atoms with Crippen molar-refractivity contribution in [2.24, 2.45) is 5.92 Å². The highest BCUT2D eigenvalue weighted by molar-refractivity contribution is 9.10. The first-order chi connectivity index (χ1) is 9.34. The largest absolute Gasteiger partial charge is 0.481 e. The molecule has 6 nitrogen and oxygen atoms in total. The summed E-state index contributed by atoms with van der Waals surface area (Å²) in [6.07, 6.45) is -0.258. The number of hydrogen-bond donors (Lipinski definition) is 1. The molecule has 0 radical (unpaired) electrons. The minimum absolute atomic E-state index is 0.129. The molecule has 1 N–H and O–H groups in total. The third-order valence-corrected chi connectivity index (χ3v) is 2.98. The molecule has 122 valence electrons. The van der Waals surface area contributed by atoms with E-state index >= 15 is 0 Å². The molecule has 0 aliphatic rings. The maximum absolute atomic E-state index is 11.6. The molecule has 0 unspecified atom stereocenters. The molecule has 0 aromatic carbocycles. The summed E-state index contributed by atoms with van der Waals surface area (Å²) in [6.45, 7) is 6.22. The van der Waals surface area contributed by atoms with Crippen LogP contribution in [0.25, 0.3) is 0 Å². The van der Waals surface area contributed by atoms with Gasteiger partial charge in [0.25, 0.3) is 0 Å². The van der Waals surface area contributed by atoms with Crippen molar-refractivity contribution < 1.29 is 29.0 Å². The highest BCUT2D eigenvalue weighted by Crippen LogP contribution is 2.20. The molecular weight excluding hydrogens is 412 g/mol. The van der Waals surface area contributed by atoms with Crippen molar-refractivity contribution in [1.82, 2.24) is 0 Å². The van der Waals surface area contributed by atoms with E-state index in [0.717, 1.165) is 0 Å². The average Bonchev–Trinajstić information content (AvgIpc) is 2.28. The molecule has 8 heteroatoms. The number of aliphatic carboxylic acids is 1. The summed E-state index contributed by atoms with van der Waals surface area (Å²) in [5.41, 5.74) is 0. The molecule has 0 saturated carbocycles. The monoisotopic (exact) mass is 430 g/mol. The van der Waals surface area contributed by atoms with Crippen LogP contribution < -0.4 is 0 Å². The second-order valence-corrected chi connectivity index (χ2v) is 9.57. The minimum atomic E-state index is -1.05. The molecule has 0 bridgehead atoms. The lowest BCUT2D eigenvalue weighted by atomic mass is 10.1. The topological polar surface area (TPSA) is 89.9 Å². The van der Waals surface area contributed by atoms with Gasteiger partial charge in [-0.2, -0.15) is 0 Å². The third kappa shape index (κ3) is 9.08. The van der Waals surface area contributed by atoms with Crippen molar-refractivity contribution in [3.63, 3.8) is 0 Å². The predicted molar refractivity (Wildman–Crippen MR) is 83.7 cm³/mol. The highest BCUT2D eigenvalue weighted by atomic mass is 79.9. The van der Waals surface area contributed by atoms with Gasteiger partial charge in [-0.25, -0.2) is 0 Å². The van der Waals surface area contributed by atoms with Gasteiger partial charge in [0.15, 0.2) is 0 Å². The van der Waals surface area contributed by atoms with Gasteiger partial charge >= 0.3 is 17.9 Å². The maximum Gasteiger partial charge on any atom is 0.322 e. The van der Waals surface area contributed by atoms with Crippen molar-refractivity contribution >= 4 is 49.8 Å². The van der Waals surface area contributed by atoms with Crippen molar-refractivity contribution in [2.45, 2.75) is 42.8 Å². The Bertz CT molecular complexity index is 364. The molecule has 0 rings (SSSR count). The number of halogens is 2. The Morgan fingerprint density at radius 3 is 1.52 bits per heavy atom. The van der Waals surface area contributed by atoms with Crippen LogP contribution in [0.4, 0.5) is 0 Å². The van der Waals surface area contributed by atoms with E-state index < -0.39 is 32.5 Å². The summed E-state index contributed by atoms with van der Waals surface area (Å²) >= 11 is 6.30. The van der Waals surface area contributed by atoms with Crippen LogP contribution in [-0.4, -0.2) is 44.9 Å². The smallest absolute Gasteiger partial charge is 0.322 e. The lowest BCUT2D eigenvalue weighted by molar-refractivity contribution is -0.154.